The third-order valence-electron chi connectivity index (χ3n) is 2.59. The molecule has 1 aliphatic rings. The predicted octanol–water partition coefficient (Wildman–Crippen LogP) is 0.570. The number of ether oxygens (including phenoxy) is 1. The summed E-state index contributed by atoms with van der Waals surface area (Å²) in [5.74, 6) is -0.730. The minimum Gasteiger partial charge on any atom is -0.481 e. The number of aliphatic carboxylic acids is 1. The Kier molecular flexibility index (Phi) is 3.69. The van der Waals surface area contributed by atoms with Crippen LogP contribution in [0.3, 0.4) is 0 Å². The molecule has 1 N–H and O–H groups in total. The van der Waals surface area contributed by atoms with E-state index in [1.54, 1.807) is 0 Å². The molecule has 1 heterocycles. The van der Waals surface area contributed by atoms with Gasteiger partial charge in [0.1, 0.15) is 0 Å². The Morgan fingerprint density at radius 2 is 2.38 bits per heavy atom. The van der Waals surface area contributed by atoms with E-state index in [-0.39, 0.29) is 18.6 Å². The van der Waals surface area contributed by atoms with Crippen molar-refractivity contribution >= 4 is 5.97 Å². The number of hydrogen-bond acceptors (Lipinski definition) is 3. The Balaban J connectivity index is 2.39. The molecule has 0 radical (unpaired) electrons. The smallest absolute Gasteiger partial charge is 0.303 e. The van der Waals surface area contributed by atoms with E-state index in [1.807, 2.05) is 14.0 Å². The van der Waals surface area contributed by atoms with Crippen LogP contribution >= 0.6 is 0 Å². The first-order chi connectivity index (χ1) is 6.11. The monoisotopic (exact) mass is 187 g/mol. The lowest BCUT2D eigenvalue weighted by Crippen LogP contribution is -2.48. The Morgan fingerprint density at radius 3 is 2.92 bits per heavy atom. The standard InChI is InChI=1S/C9H17NO3/c1-7-8(3-4-9(11)12)10(2)5-6-13-7/h7-8H,3-6H2,1-2H3,(H,11,12)/t7?,8-/m0/s1. The Labute approximate surface area is 78.5 Å². The fourth-order valence-electron chi connectivity index (χ4n) is 1.74. The van der Waals surface area contributed by atoms with Crippen LogP contribution in [0.2, 0.25) is 0 Å². The van der Waals surface area contributed by atoms with Crippen molar-refractivity contribution in [2.24, 2.45) is 0 Å². The molecule has 76 valence electrons. The number of nitrogens with zero attached hydrogens (tertiary/aromatic N) is 1. The summed E-state index contributed by atoms with van der Waals surface area (Å²) in [4.78, 5) is 12.6. The lowest BCUT2D eigenvalue weighted by Gasteiger charge is -2.37. The lowest BCUT2D eigenvalue weighted by atomic mass is 10.0. The van der Waals surface area contributed by atoms with Gasteiger partial charge in [-0.15, -0.1) is 0 Å². The molecule has 4 heteroatoms. The average Bonchev–Trinajstić information content (AvgIpc) is 2.03. The molecule has 1 saturated heterocycles. The van der Waals surface area contributed by atoms with Crippen LogP contribution in [0.1, 0.15) is 19.8 Å². The summed E-state index contributed by atoms with van der Waals surface area (Å²) < 4.78 is 5.46. The highest BCUT2D eigenvalue weighted by atomic mass is 16.5. The predicted molar refractivity (Wildman–Crippen MR) is 48.7 cm³/mol. The van der Waals surface area contributed by atoms with Crippen LogP contribution in [0.25, 0.3) is 0 Å². The quantitative estimate of drug-likeness (QED) is 0.701. The van der Waals surface area contributed by atoms with Crippen LogP contribution in [0, 0.1) is 0 Å². The number of carbonyl (C=O) groups is 1. The van der Waals surface area contributed by atoms with Gasteiger partial charge in [0, 0.05) is 19.0 Å². The van der Waals surface area contributed by atoms with Gasteiger partial charge in [-0.05, 0) is 20.4 Å². The van der Waals surface area contributed by atoms with Crippen LogP contribution in [0.15, 0.2) is 0 Å². The van der Waals surface area contributed by atoms with E-state index in [2.05, 4.69) is 4.90 Å². The third-order valence-corrected chi connectivity index (χ3v) is 2.59. The molecule has 0 aromatic heterocycles. The molecule has 2 atom stereocenters. The first-order valence-corrected chi connectivity index (χ1v) is 4.65. The summed E-state index contributed by atoms with van der Waals surface area (Å²) in [5, 5.41) is 8.56. The molecular weight excluding hydrogens is 170 g/mol. The van der Waals surface area contributed by atoms with Crippen molar-refractivity contribution in [2.75, 3.05) is 20.2 Å². The van der Waals surface area contributed by atoms with Crippen molar-refractivity contribution in [3.63, 3.8) is 0 Å². The lowest BCUT2D eigenvalue weighted by molar-refractivity contribution is -0.138. The average molecular weight is 187 g/mol. The minimum atomic E-state index is -0.730. The molecule has 0 amide bonds. The number of hydrogen-bond donors (Lipinski definition) is 1. The normalized spacial score (nSPS) is 30.3. The molecule has 1 aliphatic heterocycles. The van der Waals surface area contributed by atoms with Gasteiger partial charge in [0.05, 0.1) is 12.7 Å². The van der Waals surface area contributed by atoms with Crippen molar-refractivity contribution < 1.29 is 14.6 Å². The fraction of sp³-hybridized carbons (Fsp3) is 0.889. The zero-order chi connectivity index (χ0) is 9.84. The summed E-state index contributed by atoms with van der Waals surface area (Å²) >= 11 is 0. The molecule has 1 fully saturated rings. The molecule has 1 unspecified atom stereocenters. The molecule has 13 heavy (non-hydrogen) atoms. The Bertz CT molecular complexity index is 174. The highest BCUT2D eigenvalue weighted by molar-refractivity contribution is 5.66. The third kappa shape index (κ3) is 2.97. The van der Waals surface area contributed by atoms with Crippen molar-refractivity contribution in [3.8, 4) is 0 Å². The molecule has 0 bridgehead atoms. The summed E-state index contributed by atoms with van der Waals surface area (Å²) in [7, 11) is 2.02. The molecule has 1 rings (SSSR count). The summed E-state index contributed by atoms with van der Waals surface area (Å²) in [5.41, 5.74) is 0. The second-order valence-corrected chi connectivity index (χ2v) is 3.56. The van der Waals surface area contributed by atoms with Gasteiger partial charge < -0.3 is 9.84 Å². The van der Waals surface area contributed by atoms with E-state index in [1.165, 1.54) is 0 Å². The number of morpholine rings is 1. The van der Waals surface area contributed by atoms with Gasteiger partial charge in [-0.25, -0.2) is 0 Å². The first kappa shape index (κ1) is 10.5. The van der Waals surface area contributed by atoms with E-state index in [9.17, 15) is 4.79 Å². The maximum absolute atomic E-state index is 10.4. The van der Waals surface area contributed by atoms with Crippen molar-refractivity contribution in [1.29, 1.82) is 0 Å². The molecule has 0 saturated carbocycles. The highest BCUT2D eigenvalue weighted by Crippen LogP contribution is 2.16. The van der Waals surface area contributed by atoms with Gasteiger partial charge >= 0.3 is 5.97 Å². The number of rotatable bonds is 3. The van der Waals surface area contributed by atoms with Crippen molar-refractivity contribution in [2.45, 2.75) is 31.9 Å². The van der Waals surface area contributed by atoms with Crippen LogP contribution < -0.4 is 0 Å². The molecule has 0 spiro atoms. The van der Waals surface area contributed by atoms with Gasteiger partial charge in [0.15, 0.2) is 0 Å². The molecular formula is C9H17NO3. The van der Waals surface area contributed by atoms with Gasteiger partial charge in [-0.2, -0.15) is 0 Å². The minimum absolute atomic E-state index is 0.151. The molecule has 0 aromatic carbocycles. The second kappa shape index (κ2) is 4.58. The summed E-state index contributed by atoms with van der Waals surface area (Å²) in [6, 6.07) is 0.254. The van der Waals surface area contributed by atoms with E-state index in [0.717, 1.165) is 13.2 Å². The van der Waals surface area contributed by atoms with Gasteiger partial charge in [0.2, 0.25) is 0 Å². The van der Waals surface area contributed by atoms with Crippen molar-refractivity contribution in [1.82, 2.24) is 4.90 Å². The van der Waals surface area contributed by atoms with E-state index in [0.29, 0.717) is 6.42 Å². The van der Waals surface area contributed by atoms with Gasteiger partial charge in [-0.1, -0.05) is 0 Å². The topological polar surface area (TPSA) is 49.8 Å². The number of likely N-dealkylation sites (N-methyl/N-ethyl adjacent to an activating group) is 1. The van der Waals surface area contributed by atoms with E-state index in [4.69, 9.17) is 9.84 Å². The molecule has 0 aromatic rings. The van der Waals surface area contributed by atoms with Crippen LogP contribution in [-0.2, 0) is 9.53 Å². The summed E-state index contributed by atoms with van der Waals surface area (Å²) in [6.45, 7) is 3.65. The number of carboxylic acids is 1. The largest absolute Gasteiger partial charge is 0.481 e. The highest BCUT2D eigenvalue weighted by Gasteiger charge is 2.26. The molecule has 4 nitrogen and oxygen atoms in total. The number of carboxylic acid groups (broad SMARTS) is 1. The van der Waals surface area contributed by atoms with Gasteiger partial charge in [0.25, 0.3) is 0 Å². The van der Waals surface area contributed by atoms with Crippen LogP contribution in [-0.4, -0.2) is 48.3 Å². The second-order valence-electron chi connectivity index (χ2n) is 3.56. The zero-order valence-corrected chi connectivity index (χ0v) is 8.19. The first-order valence-electron chi connectivity index (χ1n) is 4.65. The fourth-order valence-corrected chi connectivity index (χ4v) is 1.74. The summed E-state index contributed by atoms with van der Waals surface area (Å²) in [6.07, 6.45) is 1.05. The Hall–Kier alpha value is -0.610. The molecule has 0 aliphatic carbocycles. The van der Waals surface area contributed by atoms with E-state index < -0.39 is 5.97 Å². The maximum Gasteiger partial charge on any atom is 0.303 e. The van der Waals surface area contributed by atoms with Crippen molar-refractivity contribution in [3.05, 3.63) is 0 Å². The SMILES string of the molecule is CC1OCCN(C)[C@H]1CCC(=O)O. The van der Waals surface area contributed by atoms with Gasteiger partial charge in [-0.3, -0.25) is 9.69 Å². The van der Waals surface area contributed by atoms with Crippen LogP contribution in [0.5, 0.6) is 0 Å². The zero-order valence-electron chi connectivity index (χ0n) is 8.19. The Morgan fingerprint density at radius 1 is 1.69 bits per heavy atom. The van der Waals surface area contributed by atoms with E-state index >= 15 is 0 Å². The van der Waals surface area contributed by atoms with Crippen LogP contribution in [0.4, 0.5) is 0 Å². The maximum atomic E-state index is 10.4.